The Labute approximate surface area is 225 Å². The molecule has 3 aromatic rings. The fourth-order valence-electron chi connectivity index (χ4n) is 4.79. The summed E-state index contributed by atoms with van der Waals surface area (Å²) in [4.78, 5) is 39.4. The van der Waals surface area contributed by atoms with Gasteiger partial charge in [0.25, 0.3) is 0 Å². The summed E-state index contributed by atoms with van der Waals surface area (Å²) in [6.07, 6.45) is -7.69. The minimum absolute atomic E-state index is 0.222. The summed E-state index contributed by atoms with van der Waals surface area (Å²) in [7, 11) is 0. The molecule has 0 spiro atoms. The van der Waals surface area contributed by atoms with E-state index < -0.39 is 60.3 Å². The van der Waals surface area contributed by atoms with Crippen LogP contribution in [0.2, 0.25) is 0 Å². The Bertz CT molecular complexity index is 1310. The van der Waals surface area contributed by atoms with E-state index in [1.807, 2.05) is 0 Å². The fraction of sp³-hybridized carbons (Fsp3) is 0.300. The van der Waals surface area contributed by atoms with Gasteiger partial charge in [0.1, 0.15) is 18.3 Å². The largest absolute Gasteiger partial charge is 0.452 e. The molecule has 0 aromatic heterocycles. The highest BCUT2D eigenvalue weighted by Crippen LogP contribution is 2.41. The molecule has 9 nitrogen and oxygen atoms in total. The number of ether oxygens (including phenoxy) is 5. The van der Waals surface area contributed by atoms with Crippen LogP contribution in [0.15, 0.2) is 91.0 Å². The normalized spacial score (nSPS) is 27.2. The summed E-state index contributed by atoms with van der Waals surface area (Å²) >= 11 is 0. The smallest absolute Gasteiger partial charge is 0.338 e. The van der Waals surface area contributed by atoms with E-state index in [1.54, 1.807) is 105 Å². The lowest BCUT2D eigenvalue weighted by Gasteiger charge is -2.43. The quantitative estimate of drug-likeness (QED) is 0.376. The molecule has 0 radical (unpaired) electrons. The third-order valence-corrected chi connectivity index (χ3v) is 6.57. The minimum atomic E-state index is -1.47. The number of fused-ring (bicyclic) bond motifs is 1. The maximum atomic E-state index is 13.2. The lowest BCUT2D eigenvalue weighted by atomic mass is 9.84. The van der Waals surface area contributed by atoms with Crippen molar-refractivity contribution in [3.05, 3.63) is 108 Å². The maximum absolute atomic E-state index is 13.2. The van der Waals surface area contributed by atoms with Gasteiger partial charge in [-0.05, 0) is 50.2 Å². The van der Waals surface area contributed by atoms with Crippen LogP contribution in [0.5, 0.6) is 0 Å². The summed E-state index contributed by atoms with van der Waals surface area (Å²) < 4.78 is 29.4. The number of esters is 3. The SMILES string of the molecule is CC1(C)O[C@H]2[C@@H](OC(=O)c3ccccc3)[C@H](OC(=O)c3ccccc3)[C@@H](OC(=O)c3ccccc3)[C@H](O)[C@H]2O1. The van der Waals surface area contributed by atoms with Gasteiger partial charge >= 0.3 is 17.9 Å². The van der Waals surface area contributed by atoms with E-state index in [9.17, 15) is 19.5 Å². The Hall–Kier alpha value is -4.05. The highest BCUT2D eigenvalue weighted by atomic mass is 16.8. The molecule has 1 N–H and O–H groups in total. The third-order valence-electron chi connectivity index (χ3n) is 6.57. The van der Waals surface area contributed by atoms with Gasteiger partial charge in [0.05, 0.1) is 16.7 Å². The predicted octanol–water partition coefficient (Wildman–Crippen LogP) is 3.56. The van der Waals surface area contributed by atoms with Crippen LogP contribution in [-0.4, -0.2) is 65.4 Å². The van der Waals surface area contributed by atoms with Gasteiger partial charge in [-0.3, -0.25) is 0 Å². The zero-order valence-electron chi connectivity index (χ0n) is 21.3. The number of hydrogen-bond donors (Lipinski definition) is 1. The highest BCUT2D eigenvalue weighted by Gasteiger charge is 2.62. The second-order valence-corrected chi connectivity index (χ2v) is 9.76. The number of carbonyl (C=O) groups is 3. The number of rotatable bonds is 6. The lowest BCUT2D eigenvalue weighted by Crippen LogP contribution is -2.65. The van der Waals surface area contributed by atoms with Gasteiger partial charge in [0, 0.05) is 0 Å². The molecule has 1 aliphatic heterocycles. The summed E-state index contributed by atoms with van der Waals surface area (Å²) in [5.74, 6) is -3.39. The average Bonchev–Trinajstić information content (AvgIpc) is 3.29. The molecule has 5 rings (SSSR count). The molecule has 6 atom stereocenters. The van der Waals surface area contributed by atoms with Crippen LogP contribution < -0.4 is 0 Å². The molecular weight excluding hydrogens is 504 g/mol. The molecule has 0 bridgehead atoms. The summed E-state index contributed by atoms with van der Waals surface area (Å²) in [6.45, 7) is 3.29. The molecule has 1 aliphatic carbocycles. The average molecular weight is 533 g/mol. The minimum Gasteiger partial charge on any atom is -0.452 e. The second kappa shape index (κ2) is 11.0. The number of aliphatic hydroxyl groups excluding tert-OH is 1. The Kier molecular flexibility index (Phi) is 7.47. The second-order valence-electron chi connectivity index (χ2n) is 9.76. The first-order valence-corrected chi connectivity index (χ1v) is 12.6. The monoisotopic (exact) mass is 532 g/mol. The first-order valence-electron chi connectivity index (χ1n) is 12.6. The fourth-order valence-corrected chi connectivity index (χ4v) is 4.79. The van der Waals surface area contributed by atoms with Crippen LogP contribution >= 0.6 is 0 Å². The number of carbonyl (C=O) groups excluding carboxylic acids is 3. The molecule has 39 heavy (non-hydrogen) atoms. The van der Waals surface area contributed by atoms with Crippen molar-refractivity contribution in [3.63, 3.8) is 0 Å². The topological polar surface area (TPSA) is 118 Å². The summed E-state index contributed by atoms with van der Waals surface area (Å²) in [5, 5.41) is 11.4. The molecule has 3 aromatic carbocycles. The van der Waals surface area contributed by atoms with E-state index in [4.69, 9.17) is 23.7 Å². The Morgan fingerprint density at radius 1 is 0.590 bits per heavy atom. The third kappa shape index (κ3) is 5.70. The van der Waals surface area contributed by atoms with Crippen molar-refractivity contribution in [3.8, 4) is 0 Å². The number of aliphatic hydroxyl groups is 1. The van der Waals surface area contributed by atoms with Crippen molar-refractivity contribution >= 4 is 17.9 Å². The maximum Gasteiger partial charge on any atom is 0.338 e. The van der Waals surface area contributed by atoms with Crippen molar-refractivity contribution in [1.82, 2.24) is 0 Å². The van der Waals surface area contributed by atoms with Crippen LogP contribution in [0.4, 0.5) is 0 Å². The van der Waals surface area contributed by atoms with Gasteiger partial charge in [-0.1, -0.05) is 54.6 Å². The molecular formula is C30H28O9. The lowest BCUT2D eigenvalue weighted by molar-refractivity contribution is -0.194. The van der Waals surface area contributed by atoms with Crippen LogP contribution in [0.25, 0.3) is 0 Å². The van der Waals surface area contributed by atoms with E-state index in [-0.39, 0.29) is 16.7 Å². The molecule has 9 heteroatoms. The van der Waals surface area contributed by atoms with Crippen molar-refractivity contribution < 1.29 is 43.2 Å². The molecule has 1 heterocycles. The van der Waals surface area contributed by atoms with E-state index >= 15 is 0 Å². The van der Waals surface area contributed by atoms with Crippen LogP contribution in [0.1, 0.15) is 44.9 Å². The van der Waals surface area contributed by atoms with Crippen molar-refractivity contribution in [2.45, 2.75) is 56.3 Å². The predicted molar refractivity (Wildman–Crippen MR) is 137 cm³/mol. The van der Waals surface area contributed by atoms with Crippen molar-refractivity contribution in [1.29, 1.82) is 0 Å². The highest BCUT2D eigenvalue weighted by molar-refractivity contribution is 5.91. The number of benzene rings is 3. The molecule has 202 valence electrons. The van der Waals surface area contributed by atoms with Gasteiger partial charge in [-0.25, -0.2) is 14.4 Å². The van der Waals surface area contributed by atoms with Crippen LogP contribution in [0.3, 0.4) is 0 Å². The molecule has 0 unspecified atom stereocenters. The summed E-state index contributed by atoms with van der Waals surface area (Å²) in [5.41, 5.74) is 0.699. The van der Waals surface area contributed by atoms with Crippen LogP contribution in [-0.2, 0) is 23.7 Å². The summed E-state index contributed by atoms with van der Waals surface area (Å²) in [6, 6.07) is 24.6. The Morgan fingerprint density at radius 3 is 1.38 bits per heavy atom. The Balaban J connectivity index is 1.53. The standard InChI is InChI=1S/C30H28O9/c1-30(2)38-23-21(31)22(35-27(32)18-12-6-3-7-13-18)24(36-28(33)19-14-8-4-9-15-19)25(26(23)39-30)37-29(34)20-16-10-5-11-17-20/h3-17,21-26,31H,1-2H3/t21-,22-,23+,24+,25-,26+/m0/s1. The first kappa shape index (κ1) is 26.6. The van der Waals surface area contributed by atoms with Crippen molar-refractivity contribution in [2.24, 2.45) is 0 Å². The molecule has 1 saturated heterocycles. The van der Waals surface area contributed by atoms with Gasteiger partial charge in [0.2, 0.25) is 0 Å². The van der Waals surface area contributed by atoms with E-state index in [1.165, 1.54) is 0 Å². The van der Waals surface area contributed by atoms with Crippen molar-refractivity contribution in [2.75, 3.05) is 0 Å². The van der Waals surface area contributed by atoms with Gasteiger partial charge < -0.3 is 28.8 Å². The van der Waals surface area contributed by atoms with E-state index in [2.05, 4.69) is 0 Å². The van der Waals surface area contributed by atoms with E-state index in [0.717, 1.165) is 0 Å². The zero-order chi connectivity index (χ0) is 27.6. The number of hydrogen-bond acceptors (Lipinski definition) is 9. The Morgan fingerprint density at radius 2 is 0.949 bits per heavy atom. The van der Waals surface area contributed by atoms with E-state index in [0.29, 0.717) is 0 Å². The van der Waals surface area contributed by atoms with Gasteiger partial charge in [-0.2, -0.15) is 0 Å². The van der Waals surface area contributed by atoms with Gasteiger partial charge in [0.15, 0.2) is 24.1 Å². The molecule has 0 amide bonds. The molecule has 2 aliphatic rings. The molecule has 2 fully saturated rings. The first-order chi connectivity index (χ1) is 18.7. The van der Waals surface area contributed by atoms with Gasteiger partial charge in [-0.15, -0.1) is 0 Å². The molecule has 1 saturated carbocycles. The zero-order valence-corrected chi connectivity index (χ0v) is 21.3. The van der Waals surface area contributed by atoms with Crippen LogP contribution in [0, 0.1) is 0 Å².